The highest BCUT2D eigenvalue weighted by Crippen LogP contribution is 2.06. The molecule has 0 unspecified atom stereocenters. The van der Waals surface area contributed by atoms with Gasteiger partial charge < -0.3 is 10.6 Å². The van der Waals surface area contributed by atoms with Gasteiger partial charge in [0, 0.05) is 19.5 Å². The first kappa shape index (κ1) is 16.4. The van der Waals surface area contributed by atoms with E-state index in [2.05, 4.69) is 0 Å². The third kappa shape index (κ3) is 8.55. The van der Waals surface area contributed by atoms with E-state index in [4.69, 9.17) is 16.3 Å². The summed E-state index contributed by atoms with van der Waals surface area (Å²) in [6.45, 7) is 1.56. The van der Waals surface area contributed by atoms with Gasteiger partial charge in [0.05, 0.1) is 25.0 Å². The average molecular weight is 250 g/mol. The van der Waals surface area contributed by atoms with E-state index in [1.807, 2.05) is 12.1 Å². The molecule has 0 aliphatic carbocycles. The largest absolute Gasteiger partial charge is 0.341 e. The van der Waals surface area contributed by atoms with Crippen molar-refractivity contribution in [2.45, 2.75) is 44.9 Å². The van der Waals surface area contributed by atoms with Gasteiger partial charge in [0.1, 0.15) is 0 Å². The van der Waals surface area contributed by atoms with Crippen LogP contribution in [0.5, 0.6) is 0 Å². The molecule has 0 saturated heterocycles. The van der Waals surface area contributed by atoms with Gasteiger partial charge in [-0.1, -0.05) is 12.8 Å². The SMILES string of the molecule is N#CCCN(CCC#N)C(=O)CCCCCCN. The second kappa shape index (κ2) is 11.9. The highest BCUT2D eigenvalue weighted by molar-refractivity contribution is 5.76. The zero-order chi connectivity index (χ0) is 13.6. The van der Waals surface area contributed by atoms with Crippen molar-refractivity contribution in [2.75, 3.05) is 19.6 Å². The van der Waals surface area contributed by atoms with Crippen LogP contribution < -0.4 is 5.73 Å². The van der Waals surface area contributed by atoms with Crippen molar-refractivity contribution >= 4 is 5.91 Å². The van der Waals surface area contributed by atoms with E-state index in [-0.39, 0.29) is 5.91 Å². The summed E-state index contributed by atoms with van der Waals surface area (Å²) in [4.78, 5) is 13.5. The molecule has 0 heterocycles. The number of hydrogen-bond acceptors (Lipinski definition) is 4. The van der Waals surface area contributed by atoms with E-state index in [1.165, 1.54) is 0 Å². The molecule has 0 atom stereocenters. The van der Waals surface area contributed by atoms with Crippen molar-refractivity contribution in [3.05, 3.63) is 0 Å². The van der Waals surface area contributed by atoms with Gasteiger partial charge in [-0.3, -0.25) is 4.79 Å². The standard InChI is InChI=1S/C13H22N4O/c14-8-4-2-1-3-7-13(18)17(11-5-9-15)12-6-10-16/h1-8,11-12,14H2. The quantitative estimate of drug-likeness (QED) is 0.595. The molecule has 2 N–H and O–H groups in total. The maximum atomic E-state index is 11.9. The van der Waals surface area contributed by atoms with Gasteiger partial charge in [-0.2, -0.15) is 10.5 Å². The molecule has 100 valence electrons. The van der Waals surface area contributed by atoms with Crippen molar-refractivity contribution in [1.29, 1.82) is 10.5 Å². The van der Waals surface area contributed by atoms with Crippen LogP contribution in [0.2, 0.25) is 0 Å². The summed E-state index contributed by atoms with van der Waals surface area (Å²) in [5.41, 5.74) is 5.39. The fourth-order valence-corrected chi connectivity index (χ4v) is 1.66. The van der Waals surface area contributed by atoms with E-state index in [0.29, 0.717) is 38.9 Å². The maximum Gasteiger partial charge on any atom is 0.222 e. The van der Waals surface area contributed by atoms with Crippen molar-refractivity contribution in [1.82, 2.24) is 4.90 Å². The molecule has 0 aliphatic heterocycles. The lowest BCUT2D eigenvalue weighted by atomic mass is 10.1. The lowest BCUT2D eigenvalue weighted by Gasteiger charge is -2.20. The van der Waals surface area contributed by atoms with Crippen LogP contribution in [0.25, 0.3) is 0 Å². The van der Waals surface area contributed by atoms with Crippen LogP contribution in [0.4, 0.5) is 0 Å². The van der Waals surface area contributed by atoms with Crippen LogP contribution in [-0.4, -0.2) is 30.4 Å². The van der Waals surface area contributed by atoms with Crippen molar-refractivity contribution in [3.8, 4) is 12.1 Å². The van der Waals surface area contributed by atoms with E-state index in [9.17, 15) is 4.79 Å². The van der Waals surface area contributed by atoms with Crippen LogP contribution >= 0.6 is 0 Å². The van der Waals surface area contributed by atoms with E-state index >= 15 is 0 Å². The number of nitrogens with two attached hydrogens (primary N) is 1. The number of hydrogen-bond donors (Lipinski definition) is 1. The third-order valence-electron chi connectivity index (χ3n) is 2.68. The minimum absolute atomic E-state index is 0.0493. The number of carbonyl (C=O) groups is 1. The molecule has 0 rings (SSSR count). The van der Waals surface area contributed by atoms with Crippen LogP contribution in [0.1, 0.15) is 44.9 Å². The highest BCUT2D eigenvalue weighted by atomic mass is 16.2. The van der Waals surface area contributed by atoms with Crippen LogP contribution in [0.15, 0.2) is 0 Å². The molecular weight excluding hydrogens is 228 g/mol. The molecule has 1 amide bonds. The molecule has 0 aromatic heterocycles. The number of carbonyl (C=O) groups excluding carboxylic acids is 1. The summed E-state index contributed by atoms with van der Waals surface area (Å²) >= 11 is 0. The zero-order valence-electron chi connectivity index (χ0n) is 10.9. The van der Waals surface area contributed by atoms with Crippen molar-refractivity contribution in [3.63, 3.8) is 0 Å². The Hall–Kier alpha value is -1.59. The summed E-state index contributed by atoms with van der Waals surface area (Å²) in [6, 6.07) is 4.05. The third-order valence-corrected chi connectivity index (χ3v) is 2.68. The molecule has 0 aromatic rings. The molecular formula is C13H22N4O. The van der Waals surface area contributed by atoms with E-state index in [0.717, 1.165) is 25.7 Å². The molecule has 0 fully saturated rings. The summed E-state index contributed by atoms with van der Waals surface area (Å²) < 4.78 is 0. The number of amides is 1. The van der Waals surface area contributed by atoms with Gasteiger partial charge >= 0.3 is 0 Å². The number of unbranched alkanes of at least 4 members (excludes halogenated alkanes) is 3. The second-order valence-electron chi connectivity index (χ2n) is 4.15. The Morgan fingerprint density at radius 3 is 2.06 bits per heavy atom. The number of nitriles is 2. The van der Waals surface area contributed by atoms with E-state index < -0.39 is 0 Å². The Morgan fingerprint density at radius 2 is 1.56 bits per heavy atom. The molecule has 0 aromatic carbocycles. The predicted molar refractivity (Wildman–Crippen MR) is 69.2 cm³/mol. The van der Waals surface area contributed by atoms with Crippen molar-refractivity contribution in [2.24, 2.45) is 5.73 Å². The Bertz CT molecular complexity index is 285. The Morgan fingerprint density at radius 1 is 1.00 bits per heavy atom. The normalized spacial score (nSPS) is 9.50. The lowest BCUT2D eigenvalue weighted by molar-refractivity contribution is -0.131. The minimum Gasteiger partial charge on any atom is -0.341 e. The molecule has 0 aliphatic rings. The monoisotopic (exact) mass is 250 g/mol. The first-order valence-electron chi connectivity index (χ1n) is 6.48. The number of rotatable bonds is 10. The zero-order valence-corrected chi connectivity index (χ0v) is 10.9. The van der Waals surface area contributed by atoms with Crippen LogP contribution in [-0.2, 0) is 4.79 Å². The first-order chi connectivity index (χ1) is 8.76. The average Bonchev–Trinajstić information content (AvgIpc) is 2.38. The smallest absolute Gasteiger partial charge is 0.222 e. The molecule has 5 heteroatoms. The predicted octanol–water partition coefficient (Wildman–Crippen LogP) is 1.55. The Balaban J connectivity index is 3.89. The van der Waals surface area contributed by atoms with Gasteiger partial charge in [-0.05, 0) is 19.4 Å². The first-order valence-corrected chi connectivity index (χ1v) is 6.48. The fraction of sp³-hybridized carbons (Fsp3) is 0.769. The van der Waals surface area contributed by atoms with Gasteiger partial charge in [0.15, 0.2) is 0 Å². The van der Waals surface area contributed by atoms with Gasteiger partial charge in [0.25, 0.3) is 0 Å². The molecule has 0 radical (unpaired) electrons. The van der Waals surface area contributed by atoms with Gasteiger partial charge in [0.2, 0.25) is 5.91 Å². The topological polar surface area (TPSA) is 93.9 Å². The number of nitrogens with zero attached hydrogens (tertiary/aromatic N) is 3. The van der Waals surface area contributed by atoms with Gasteiger partial charge in [-0.15, -0.1) is 0 Å². The summed E-state index contributed by atoms with van der Waals surface area (Å²) in [5.74, 6) is 0.0493. The van der Waals surface area contributed by atoms with Gasteiger partial charge in [-0.25, -0.2) is 0 Å². The molecule has 0 saturated carbocycles. The van der Waals surface area contributed by atoms with E-state index in [1.54, 1.807) is 4.90 Å². The fourth-order valence-electron chi connectivity index (χ4n) is 1.66. The van der Waals surface area contributed by atoms with Crippen LogP contribution in [0, 0.1) is 22.7 Å². The summed E-state index contributed by atoms with van der Waals surface area (Å²) in [5, 5.41) is 17.1. The Kier molecular flexibility index (Phi) is 10.8. The van der Waals surface area contributed by atoms with Crippen LogP contribution in [0.3, 0.4) is 0 Å². The lowest BCUT2D eigenvalue weighted by Crippen LogP contribution is -2.32. The molecule has 0 bridgehead atoms. The Labute approximate surface area is 109 Å². The maximum absolute atomic E-state index is 11.9. The molecule has 0 spiro atoms. The summed E-state index contributed by atoms with van der Waals surface area (Å²) in [6.07, 6.45) is 5.07. The molecule has 5 nitrogen and oxygen atoms in total. The summed E-state index contributed by atoms with van der Waals surface area (Å²) in [7, 11) is 0. The molecule has 18 heavy (non-hydrogen) atoms. The minimum atomic E-state index is 0.0493. The highest BCUT2D eigenvalue weighted by Gasteiger charge is 2.12. The van der Waals surface area contributed by atoms with Crippen molar-refractivity contribution < 1.29 is 4.79 Å². The second-order valence-corrected chi connectivity index (χ2v) is 4.15.